The molecule has 0 unspecified atom stereocenters. The van der Waals surface area contributed by atoms with Crippen LogP contribution in [0.4, 0.5) is 13.2 Å². The average Bonchev–Trinajstić information content (AvgIpc) is 3.29. The van der Waals surface area contributed by atoms with Crippen molar-refractivity contribution >= 4 is 5.84 Å². The van der Waals surface area contributed by atoms with Crippen molar-refractivity contribution in [2.45, 2.75) is 38.0 Å². The Balaban J connectivity index is 1.43. The van der Waals surface area contributed by atoms with Crippen LogP contribution in [0.15, 0.2) is 17.0 Å². The number of halogens is 3. The molecule has 23 heavy (non-hydrogen) atoms. The summed E-state index contributed by atoms with van der Waals surface area (Å²) < 4.78 is 43.6. The molecule has 0 spiro atoms. The minimum atomic E-state index is -4.48. The first kappa shape index (κ1) is 16.6. The Morgan fingerprint density at radius 1 is 1.35 bits per heavy atom. The lowest BCUT2D eigenvalue weighted by Crippen LogP contribution is -2.43. The molecule has 2 heterocycles. The molecule has 2 aliphatic heterocycles. The zero-order valence-electron chi connectivity index (χ0n) is 12.9. The zero-order valence-corrected chi connectivity index (χ0v) is 12.9. The van der Waals surface area contributed by atoms with Crippen molar-refractivity contribution in [1.82, 2.24) is 10.2 Å². The monoisotopic (exact) mass is 333 g/mol. The molecule has 130 valence electrons. The number of alkyl halides is 3. The van der Waals surface area contributed by atoms with Gasteiger partial charge in [-0.15, -0.1) is 0 Å². The Hall–Kier alpha value is -1.28. The van der Waals surface area contributed by atoms with Crippen molar-refractivity contribution in [3.8, 4) is 0 Å². The topological polar surface area (TPSA) is 57.1 Å². The second-order valence-electron chi connectivity index (χ2n) is 6.63. The Labute approximate surface area is 133 Å². The van der Waals surface area contributed by atoms with Crippen LogP contribution in [0.3, 0.4) is 0 Å². The predicted molar refractivity (Wildman–Crippen MR) is 78.9 cm³/mol. The molecule has 0 amide bonds. The van der Waals surface area contributed by atoms with E-state index in [9.17, 15) is 18.3 Å². The van der Waals surface area contributed by atoms with Gasteiger partial charge in [-0.05, 0) is 31.8 Å². The Kier molecular flexibility index (Phi) is 4.55. The highest BCUT2D eigenvalue weighted by molar-refractivity contribution is 5.89. The van der Waals surface area contributed by atoms with Gasteiger partial charge in [-0.25, -0.2) is 0 Å². The number of likely N-dealkylation sites (tertiary alicyclic amines) is 1. The van der Waals surface area contributed by atoms with Gasteiger partial charge in [0.1, 0.15) is 6.10 Å². The van der Waals surface area contributed by atoms with Crippen LogP contribution in [0, 0.1) is 5.41 Å². The second-order valence-corrected chi connectivity index (χ2v) is 6.63. The third-order valence-corrected chi connectivity index (χ3v) is 4.72. The second kappa shape index (κ2) is 6.32. The Morgan fingerprint density at radius 3 is 2.61 bits per heavy atom. The summed E-state index contributed by atoms with van der Waals surface area (Å²) >= 11 is 0. The van der Waals surface area contributed by atoms with Crippen LogP contribution in [0.1, 0.15) is 25.7 Å². The molecule has 3 rings (SSSR count). The molecule has 3 aliphatic rings. The number of aliphatic hydroxyl groups is 1. The van der Waals surface area contributed by atoms with Crippen LogP contribution in [-0.4, -0.2) is 60.9 Å². The quantitative estimate of drug-likeness (QED) is 0.803. The van der Waals surface area contributed by atoms with Gasteiger partial charge in [0.05, 0.1) is 6.54 Å². The van der Waals surface area contributed by atoms with Gasteiger partial charge >= 0.3 is 6.18 Å². The number of hydrogen-bond acceptors (Lipinski definition) is 5. The van der Waals surface area contributed by atoms with Crippen LogP contribution in [0.25, 0.3) is 0 Å². The summed E-state index contributed by atoms with van der Waals surface area (Å²) in [5.74, 6) is -0.842. The third-order valence-electron chi connectivity index (χ3n) is 4.72. The molecular weight excluding hydrogens is 311 g/mol. The SMILES string of the molecule is OCC1(CN2CCC(OC3=CCN=C(C(F)(F)F)N3)CC2)CC1. The van der Waals surface area contributed by atoms with Crippen molar-refractivity contribution in [3.63, 3.8) is 0 Å². The summed E-state index contributed by atoms with van der Waals surface area (Å²) in [5.41, 5.74) is 0.0964. The molecule has 0 aromatic rings. The van der Waals surface area contributed by atoms with E-state index in [0.29, 0.717) is 0 Å². The smallest absolute Gasteiger partial charge is 0.449 e. The summed E-state index contributed by atoms with van der Waals surface area (Å²) in [6.07, 6.45) is 0.689. The molecule has 2 N–H and O–H groups in total. The number of nitrogens with zero attached hydrogens (tertiary/aromatic N) is 2. The molecule has 1 aliphatic carbocycles. The highest BCUT2D eigenvalue weighted by Crippen LogP contribution is 2.45. The Bertz CT molecular complexity index is 493. The van der Waals surface area contributed by atoms with E-state index in [1.54, 1.807) is 0 Å². The first-order valence-electron chi connectivity index (χ1n) is 7.99. The van der Waals surface area contributed by atoms with Crippen LogP contribution < -0.4 is 5.32 Å². The van der Waals surface area contributed by atoms with Gasteiger partial charge in [-0.2, -0.15) is 13.2 Å². The number of nitrogens with one attached hydrogen (secondary N) is 1. The van der Waals surface area contributed by atoms with E-state index >= 15 is 0 Å². The van der Waals surface area contributed by atoms with E-state index in [-0.39, 0.29) is 30.6 Å². The molecule has 8 heteroatoms. The number of hydrogen-bond donors (Lipinski definition) is 2. The maximum Gasteiger partial charge on any atom is 0.449 e. The fraction of sp³-hybridized carbons (Fsp3) is 0.800. The summed E-state index contributed by atoms with van der Waals surface area (Å²) in [6.45, 7) is 2.82. The lowest BCUT2D eigenvalue weighted by Gasteiger charge is -2.34. The lowest BCUT2D eigenvalue weighted by molar-refractivity contribution is -0.0634. The van der Waals surface area contributed by atoms with Gasteiger partial charge < -0.3 is 20.1 Å². The fourth-order valence-corrected chi connectivity index (χ4v) is 3.05. The van der Waals surface area contributed by atoms with Crippen LogP contribution >= 0.6 is 0 Å². The van der Waals surface area contributed by atoms with Crippen molar-refractivity contribution in [1.29, 1.82) is 0 Å². The summed E-state index contributed by atoms with van der Waals surface area (Å²) in [6, 6.07) is 0. The number of aliphatic hydroxyl groups excluding tert-OH is 1. The van der Waals surface area contributed by atoms with E-state index < -0.39 is 12.0 Å². The van der Waals surface area contributed by atoms with Gasteiger partial charge in [0.15, 0.2) is 5.88 Å². The van der Waals surface area contributed by atoms with Crippen molar-refractivity contribution in [2.75, 3.05) is 32.8 Å². The first-order valence-corrected chi connectivity index (χ1v) is 7.99. The highest BCUT2D eigenvalue weighted by Gasteiger charge is 2.43. The predicted octanol–water partition coefficient (Wildman–Crippen LogP) is 1.65. The van der Waals surface area contributed by atoms with Crippen molar-refractivity contribution < 1.29 is 23.0 Å². The molecule has 0 bridgehead atoms. The summed E-state index contributed by atoms with van der Waals surface area (Å²) in [5, 5.41) is 11.6. The average molecular weight is 333 g/mol. The van der Waals surface area contributed by atoms with Gasteiger partial charge in [0.2, 0.25) is 5.84 Å². The molecule has 2 fully saturated rings. The minimum absolute atomic E-state index is 0.0188. The zero-order chi connectivity index (χ0) is 16.5. The van der Waals surface area contributed by atoms with E-state index in [0.717, 1.165) is 45.3 Å². The van der Waals surface area contributed by atoms with E-state index in [1.165, 1.54) is 6.08 Å². The van der Waals surface area contributed by atoms with Gasteiger partial charge in [-0.3, -0.25) is 4.99 Å². The van der Waals surface area contributed by atoms with Gasteiger partial charge in [0.25, 0.3) is 0 Å². The van der Waals surface area contributed by atoms with Crippen LogP contribution in [0.5, 0.6) is 0 Å². The maximum absolute atomic E-state index is 12.6. The molecule has 0 radical (unpaired) electrons. The summed E-state index contributed by atoms with van der Waals surface area (Å²) in [7, 11) is 0. The number of aliphatic imine (C=N–C) groups is 1. The number of ether oxygens (including phenoxy) is 1. The van der Waals surface area contributed by atoms with Gasteiger partial charge in [0, 0.05) is 31.7 Å². The number of rotatable bonds is 5. The molecule has 0 aromatic heterocycles. The fourth-order valence-electron chi connectivity index (χ4n) is 3.05. The van der Waals surface area contributed by atoms with Crippen LogP contribution in [-0.2, 0) is 4.74 Å². The largest absolute Gasteiger partial charge is 0.476 e. The van der Waals surface area contributed by atoms with Crippen molar-refractivity contribution in [3.05, 3.63) is 12.0 Å². The molecule has 5 nitrogen and oxygen atoms in total. The van der Waals surface area contributed by atoms with E-state index in [2.05, 4.69) is 15.2 Å². The molecule has 1 saturated carbocycles. The standard InChI is InChI=1S/C15H22F3N3O2/c16-15(17,18)13-19-6-1-12(20-13)23-11-2-7-21(8-3-11)9-14(10-22)4-5-14/h1,11,22H,2-10H2,(H,19,20). The third kappa shape index (κ3) is 4.17. The molecule has 0 atom stereocenters. The van der Waals surface area contributed by atoms with Crippen LogP contribution in [0.2, 0.25) is 0 Å². The highest BCUT2D eigenvalue weighted by atomic mass is 19.4. The van der Waals surface area contributed by atoms with E-state index in [1.807, 2.05) is 0 Å². The van der Waals surface area contributed by atoms with Crippen molar-refractivity contribution in [2.24, 2.45) is 10.4 Å². The summed E-state index contributed by atoms with van der Waals surface area (Å²) in [4.78, 5) is 5.72. The molecular formula is C15H22F3N3O2. The minimum Gasteiger partial charge on any atom is -0.476 e. The maximum atomic E-state index is 12.6. The molecule has 0 aromatic carbocycles. The van der Waals surface area contributed by atoms with E-state index in [4.69, 9.17) is 4.74 Å². The molecule has 1 saturated heterocycles. The Morgan fingerprint density at radius 2 is 2.04 bits per heavy atom. The number of piperidine rings is 1. The first-order chi connectivity index (χ1) is 10.9. The lowest BCUT2D eigenvalue weighted by atomic mass is 10.0. The normalized spacial score (nSPS) is 25.4. The number of amidine groups is 1. The van der Waals surface area contributed by atoms with Gasteiger partial charge in [-0.1, -0.05) is 0 Å².